The number of nitrogens with zero attached hydrogens (tertiary/aromatic N) is 3. The van der Waals surface area contributed by atoms with E-state index in [1.165, 1.54) is 22.9 Å². The van der Waals surface area contributed by atoms with Crippen LogP contribution in [-0.4, -0.2) is 40.6 Å². The summed E-state index contributed by atoms with van der Waals surface area (Å²) in [6.07, 6.45) is 5.41. The van der Waals surface area contributed by atoms with Gasteiger partial charge in [-0.3, -0.25) is 9.79 Å². The van der Waals surface area contributed by atoms with Crippen LogP contribution in [0.5, 0.6) is 0 Å². The van der Waals surface area contributed by atoms with Crippen molar-refractivity contribution in [3.05, 3.63) is 77.4 Å². The van der Waals surface area contributed by atoms with Gasteiger partial charge < -0.3 is 5.32 Å². The van der Waals surface area contributed by atoms with E-state index in [-0.39, 0.29) is 17.9 Å². The van der Waals surface area contributed by atoms with Crippen LogP contribution in [0, 0.1) is 5.92 Å². The number of allylic oxidation sites excluding steroid dienone is 1. The SMILES string of the molecule is O=C(CSC1=NCCN1)N1N=C2/C(=C\c3ccccc3)CCCC2C1c1ccccc1. The number of hydrogen-bond donors (Lipinski definition) is 1. The molecule has 2 heterocycles. The first-order chi connectivity index (χ1) is 15.3. The molecule has 0 aromatic heterocycles. The van der Waals surface area contributed by atoms with Crippen molar-refractivity contribution in [3.8, 4) is 0 Å². The summed E-state index contributed by atoms with van der Waals surface area (Å²) >= 11 is 1.48. The second-order valence-corrected chi connectivity index (χ2v) is 9.02. The molecule has 2 aromatic rings. The Morgan fingerprint density at radius 2 is 1.90 bits per heavy atom. The maximum Gasteiger partial charge on any atom is 0.253 e. The van der Waals surface area contributed by atoms with Gasteiger partial charge in [-0.1, -0.05) is 72.4 Å². The highest BCUT2D eigenvalue weighted by atomic mass is 32.2. The number of rotatable bonds is 4. The summed E-state index contributed by atoms with van der Waals surface area (Å²) in [5.41, 5.74) is 4.68. The lowest BCUT2D eigenvalue weighted by atomic mass is 9.77. The fraction of sp³-hybridized carbons (Fsp3) is 0.320. The largest absolute Gasteiger partial charge is 0.363 e. The number of carbonyl (C=O) groups is 1. The minimum Gasteiger partial charge on any atom is -0.363 e. The smallest absolute Gasteiger partial charge is 0.253 e. The van der Waals surface area contributed by atoms with E-state index in [2.05, 4.69) is 52.8 Å². The Kier molecular flexibility index (Phi) is 5.89. The predicted octanol–water partition coefficient (Wildman–Crippen LogP) is 4.50. The van der Waals surface area contributed by atoms with Crippen molar-refractivity contribution < 1.29 is 4.79 Å². The molecule has 1 aliphatic carbocycles. The molecule has 3 aliphatic rings. The van der Waals surface area contributed by atoms with Crippen molar-refractivity contribution in [1.82, 2.24) is 10.3 Å². The highest BCUT2D eigenvalue weighted by Gasteiger charge is 2.43. The molecule has 2 aliphatic heterocycles. The molecule has 5 nitrogen and oxygen atoms in total. The lowest BCUT2D eigenvalue weighted by Gasteiger charge is -2.29. The lowest BCUT2D eigenvalue weighted by Crippen LogP contribution is -2.33. The van der Waals surface area contributed by atoms with E-state index in [1.807, 2.05) is 24.3 Å². The van der Waals surface area contributed by atoms with Crippen LogP contribution in [0.2, 0.25) is 0 Å². The van der Waals surface area contributed by atoms with Gasteiger partial charge in [0.2, 0.25) is 0 Å². The molecule has 158 valence electrons. The van der Waals surface area contributed by atoms with E-state index in [9.17, 15) is 4.79 Å². The van der Waals surface area contributed by atoms with E-state index in [0.717, 1.165) is 48.8 Å². The molecule has 2 unspecified atom stereocenters. The summed E-state index contributed by atoms with van der Waals surface area (Å²) in [6, 6.07) is 20.7. The predicted molar refractivity (Wildman–Crippen MR) is 128 cm³/mol. The maximum atomic E-state index is 13.3. The molecule has 6 heteroatoms. The zero-order chi connectivity index (χ0) is 21.0. The molecule has 1 fully saturated rings. The number of thioether (sulfide) groups is 1. The maximum absolute atomic E-state index is 13.3. The highest BCUT2D eigenvalue weighted by Crippen LogP contribution is 2.44. The van der Waals surface area contributed by atoms with Gasteiger partial charge in [0.05, 0.1) is 24.1 Å². The quantitative estimate of drug-likeness (QED) is 0.777. The van der Waals surface area contributed by atoms with E-state index in [0.29, 0.717) is 5.75 Å². The minimum atomic E-state index is -0.0396. The molecule has 0 saturated heterocycles. The molecular weight excluding hydrogens is 404 g/mol. The number of hydrogen-bond acceptors (Lipinski definition) is 5. The van der Waals surface area contributed by atoms with Crippen molar-refractivity contribution >= 4 is 34.6 Å². The monoisotopic (exact) mass is 430 g/mol. The fourth-order valence-electron chi connectivity index (χ4n) is 4.61. The van der Waals surface area contributed by atoms with Gasteiger partial charge in [0.15, 0.2) is 5.17 Å². The third kappa shape index (κ3) is 4.30. The number of hydrazone groups is 1. The number of amides is 1. The van der Waals surface area contributed by atoms with Gasteiger partial charge in [0, 0.05) is 12.5 Å². The van der Waals surface area contributed by atoms with Gasteiger partial charge in [-0.2, -0.15) is 5.10 Å². The summed E-state index contributed by atoms with van der Waals surface area (Å²) in [7, 11) is 0. The summed E-state index contributed by atoms with van der Waals surface area (Å²) < 4.78 is 0. The Morgan fingerprint density at radius 3 is 2.65 bits per heavy atom. The van der Waals surface area contributed by atoms with Crippen molar-refractivity contribution in [2.75, 3.05) is 18.8 Å². The molecule has 31 heavy (non-hydrogen) atoms. The molecule has 1 N–H and O–H groups in total. The summed E-state index contributed by atoms with van der Waals surface area (Å²) in [5, 5.41) is 10.8. The van der Waals surface area contributed by atoms with E-state index in [4.69, 9.17) is 5.10 Å². The first-order valence-electron chi connectivity index (χ1n) is 10.9. The molecule has 0 spiro atoms. The van der Waals surface area contributed by atoms with Crippen molar-refractivity contribution in [1.29, 1.82) is 0 Å². The van der Waals surface area contributed by atoms with Crippen LogP contribution in [-0.2, 0) is 4.79 Å². The van der Waals surface area contributed by atoms with Gasteiger partial charge in [0.1, 0.15) is 0 Å². The van der Waals surface area contributed by atoms with Gasteiger partial charge in [-0.05, 0) is 42.0 Å². The highest BCUT2D eigenvalue weighted by molar-refractivity contribution is 8.14. The third-order valence-corrected chi connectivity index (χ3v) is 6.95. The Hall–Kier alpha value is -2.86. The molecule has 5 rings (SSSR count). The average Bonchev–Trinajstić information content (AvgIpc) is 3.47. The normalized spacial score (nSPS) is 23.9. The molecular formula is C25H26N4OS. The number of carbonyl (C=O) groups excluding carboxylic acids is 1. The van der Waals surface area contributed by atoms with Crippen molar-refractivity contribution in [2.45, 2.75) is 25.3 Å². The topological polar surface area (TPSA) is 57.1 Å². The second-order valence-electron chi connectivity index (χ2n) is 8.06. The van der Waals surface area contributed by atoms with Crippen LogP contribution in [0.4, 0.5) is 0 Å². The molecule has 2 aromatic carbocycles. The summed E-state index contributed by atoms with van der Waals surface area (Å²) in [5.74, 6) is 0.620. The van der Waals surface area contributed by atoms with Crippen LogP contribution in [0.15, 0.2) is 76.3 Å². The Bertz CT molecular complexity index is 1030. The molecule has 1 saturated carbocycles. The van der Waals surface area contributed by atoms with Crippen LogP contribution in [0.25, 0.3) is 6.08 Å². The molecule has 1 amide bonds. The zero-order valence-corrected chi connectivity index (χ0v) is 18.2. The molecule has 0 radical (unpaired) electrons. The lowest BCUT2D eigenvalue weighted by molar-refractivity contribution is -0.130. The van der Waals surface area contributed by atoms with Gasteiger partial charge in [-0.25, -0.2) is 5.01 Å². The second kappa shape index (κ2) is 9.10. The standard InChI is InChI=1S/C25H26N4OS/c30-22(17-31-25-26-14-15-27-25)29-24(19-10-5-2-6-11-19)21-13-7-12-20(23(21)28-29)16-18-8-3-1-4-9-18/h1-6,8-11,16,21,24H,7,12-15,17H2,(H,26,27)/b20-16-. The summed E-state index contributed by atoms with van der Waals surface area (Å²) in [4.78, 5) is 17.7. The third-order valence-electron chi connectivity index (χ3n) is 6.01. The number of amidine groups is 1. The van der Waals surface area contributed by atoms with Gasteiger partial charge in [0.25, 0.3) is 5.91 Å². The molecule has 2 atom stereocenters. The Morgan fingerprint density at radius 1 is 1.13 bits per heavy atom. The first-order valence-corrected chi connectivity index (χ1v) is 11.9. The van der Waals surface area contributed by atoms with E-state index in [1.54, 1.807) is 5.01 Å². The fourth-order valence-corrected chi connectivity index (χ4v) is 5.39. The van der Waals surface area contributed by atoms with Crippen LogP contribution in [0.3, 0.4) is 0 Å². The van der Waals surface area contributed by atoms with Gasteiger partial charge >= 0.3 is 0 Å². The zero-order valence-electron chi connectivity index (χ0n) is 17.4. The van der Waals surface area contributed by atoms with Crippen LogP contribution < -0.4 is 5.32 Å². The first kappa shape index (κ1) is 20.1. The average molecular weight is 431 g/mol. The van der Waals surface area contributed by atoms with E-state index >= 15 is 0 Å². The van der Waals surface area contributed by atoms with Crippen molar-refractivity contribution in [2.24, 2.45) is 16.0 Å². The van der Waals surface area contributed by atoms with Gasteiger partial charge in [-0.15, -0.1) is 0 Å². The molecule has 0 bridgehead atoms. The number of nitrogens with one attached hydrogen (secondary N) is 1. The summed E-state index contributed by atoms with van der Waals surface area (Å²) in [6.45, 7) is 1.63. The van der Waals surface area contributed by atoms with E-state index < -0.39 is 0 Å². The Balaban J connectivity index is 1.46. The number of fused-ring (bicyclic) bond motifs is 1. The van der Waals surface area contributed by atoms with Crippen LogP contribution in [0.1, 0.15) is 36.4 Å². The minimum absolute atomic E-state index is 0.0382. The number of benzene rings is 2. The Labute approximate surface area is 187 Å². The number of aliphatic imine (C=N–C) groups is 1. The van der Waals surface area contributed by atoms with Crippen LogP contribution >= 0.6 is 11.8 Å². The van der Waals surface area contributed by atoms with Crippen molar-refractivity contribution in [3.63, 3.8) is 0 Å².